The van der Waals surface area contributed by atoms with Crippen LogP contribution in [0, 0.1) is 0 Å². The minimum atomic E-state index is -1.13. The molecule has 2 rings (SSSR count). The summed E-state index contributed by atoms with van der Waals surface area (Å²) in [6.45, 7) is -0.0378. The highest BCUT2D eigenvalue weighted by Gasteiger charge is 2.19. The number of nitrogens with zero attached hydrogens (tertiary/aromatic N) is 2. The van der Waals surface area contributed by atoms with Crippen molar-refractivity contribution in [1.29, 1.82) is 0 Å². The lowest BCUT2D eigenvalue weighted by Crippen LogP contribution is -2.07. The molecule has 1 aromatic carbocycles. The molecule has 2 aromatic rings. The van der Waals surface area contributed by atoms with Crippen molar-refractivity contribution in [2.45, 2.75) is 0 Å². The van der Waals surface area contributed by atoms with Crippen LogP contribution in [0.3, 0.4) is 0 Å². The van der Waals surface area contributed by atoms with Crippen LogP contribution >= 0.6 is 23.2 Å². The van der Waals surface area contributed by atoms with E-state index >= 15 is 0 Å². The number of halogens is 2. The molecule has 0 aliphatic heterocycles. The van der Waals surface area contributed by atoms with E-state index in [1.807, 2.05) is 18.2 Å². The molecule has 0 aliphatic rings. The van der Waals surface area contributed by atoms with Crippen LogP contribution in [-0.4, -0.2) is 27.5 Å². The fraction of sp³-hybridized carbons (Fsp3) is 0.0769. The van der Waals surface area contributed by atoms with Crippen LogP contribution in [0.2, 0.25) is 0 Å². The lowest BCUT2D eigenvalue weighted by Gasteiger charge is -2.09. The zero-order chi connectivity index (χ0) is 14.5. The summed E-state index contributed by atoms with van der Waals surface area (Å²) in [5.74, 6) is -1.03. The van der Waals surface area contributed by atoms with E-state index in [2.05, 4.69) is 5.10 Å². The largest absolute Gasteiger partial charge is 0.477 e. The Hall–Kier alpha value is -1.98. The first-order chi connectivity index (χ1) is 9.63. The molecule has 1 N–H and O–H groups in total. The Balaban J connectivity index is 2.40. The van der Waals surface area contributed by atoms with Gasteiger partial charge in [-0.3, -0.25) is 0 Å². The number of carbonyl (C=O) groups is 1. The number of benzene rings is 1. The third-order valence-electron chi connectivity index (χ3n) is 2.42. The smallest absolute Gasteiger partial charge is 0.342 e. The van der Waals surface area contributed by atoms with Gasteiger partial charge in [0.05, 0.1) is 16.9 Å². The maximum atomic E-state index is 11.2. The fourth-order valence-electron chi connectivity index (χ4n) is 1.54. The zero-order valence-electron chi connectivity index (χ0n) is 10.2. The van der Waals surface area contributed by atoms with Crippen molar-refractivity contribution in [3.63, 3.8) is 0 Å². The van der Waals surface area contributed by atoms with Crippen molar-refractivity contribution in [1.82, 2.24) is 9.78 Å². The molecule has 0 saturated heterocycles. The maximum absolute atomic E-state index is 11.2. The number of carboxylic acid groups (broad SMARTS) is 1. The van der Waals surface area contributed by atoms with Gasteiger partial charge in [-0.25, -0.2) is 9.48 Å². The molecule has 7 heteroatoms. The Morgan fingerprint density at radius 3 is 2.70 bits per heavy atom. The second-order valence-electron chi connectivity index (χ2n) is 3.76. The molecule has 0 aliphatic carbocycles. The van der Waals surface area contributed by atoms with Gasteiger partial charge in [-0.2, -0.15) is 5.10 Å². The highest BCUT2D eigenvalue weighted by molar-refractivity contribution is 6.36. The molecule has 0 fully saturated rings. The third-order valence-corrected chi connectivity index (χ3v) is 3.01. The normalized spacial score (nSPS) is 11.4. The van der Waals surface area contributed by atoms with Crippen molar-refractivity contribution in [3.05, 3.63) is 52.7 Å². The fourth-order valence-corrected chi connectivity index (χ4v) is 1.66. The molecule has 0 spiro atoms. The van der Waals surface area contributed by atoms with Gasteiger partial charge in [0.1, 0.15) is 12.2 Å². The molecule has 0 amide bonds. The van der Waals surface area contributed by atoms with Crippen molar-refractivity contribution in [2.75, 3.05) is 6.61 Å². The van der Waals surface area contributed by atoms with E-state index in [9.17, 15) is 4.79 Å². The van der Waals surface area contributed by atoms with Crippen LogP contribution in [0.5, 0.6) is 5.88 Å². The summed E-state index contributed by atoms with van der Waals surface area (Å²) in [5.41, 5.74) is 1.79. The van der Waals surface area contributed by atoms with E-state index in [-0.39, 0.29) is 23.1 Å². The van der Waals surface area contributed by atoms with Gasteiger partial charge in [-0.1, -0.05) is 41.4 Å². The molecular formula is C13H10Cl2N2O3. The van der Waals surface area contributed by atoms with Gasteiger partial charge in [0.15, 0.2) is 0 Å². The Kier molecular flexibility index (Phi) is 4.65. The minimum Gasteiger partial charge on any atom is -0.477 e. The second kappa shape index (κ2) is 6.45. The lowest BCUT2D eigenvalue weighted by atomic mass is 10.3. The summed E-state index contributed by atoms with van der Waals surface area (Å²) in [6, 6.07) is 9.04. The van der Waals surface area contributed by atoms with Gasteiger partial charge >= 0.3 is 5.97 Å². The van der Waals surface area contributed by atoms with Crippen LogP contribution in [0.25, 0.3) is 5.69 Å². The summed E-state index contributed by atoms with van der Waals surface area (Å²) in [4.78, 5) is 11.2. The number of para-hydroxylation sites is 1. The highest BCUT2D eigenvalue weighted by atomic mass is 35.5. The SMILES string of the molecule is O=C(O)c1cnn(-c2ccccc2)c1OCC(Cl)=CCl. The molecule has 5 nitrogen and oxygen atoms in total. The molecule has 0 atom stereocenters. The first-order valence-corrected chi connectivity index (χ1v) is 6.39. The minimum absolute atomic E-state index is 0.0378. The van der Waals surface area contributed by atoms with Crippen LogP contribution in [0.1, 0.15) is 10.4 Å². The molecule has 20 heavy (non-hydrogen) atoms. The Bertz CT molecular complexity index is 638. The quantitative estimate of drug-likeness (QED) is 0.920. The summed E-state index contributed by atoms with van der Waals surface area (Å²) >= 11 is 11.2. The van der Waals surface area contributed by atoms with Crippen LogP contribution < -0.4 is 4.74 Å². The van der Waals surface area contributed by atoms with E-state index in [0.29, 0.717) is 5.69 Å². The summed E-state index contributed by atoms with van der Waals surface area (Å²) in [5, 5.41) is 13.4. The predicted molar refractivity (Wildman–Crippen MR) is 75.8 cm³/mol. The summed E-state index contributed by atoms with van der Waals surface area (Å²) in [6.07, 6.45) is 1.23. The summed E-state index contributed by atoms with van der Waals surface area (Å²) < 4.78 is 6.80. The van der Waals surface area contributed by atoms with E-state index < -0.39 is 5.97 Å². The number of rotatable bonds is 5. The number of hydrogen-bond donors (Lipinski definition) is 1. The van der Waals surface area contributed by atoms with Gasteiger partial charge in [0.2, 0.25) is 5.88 Å². The number of hydrogen-bond acceptors (Lipinski definition) is 3. The van der Waals surface area contributed by atoms with E-state index in [4.69, 9.17) is 33.0 Å². The topological polar surface area (TPSA) is 64.3 Å². The van der Waals surface area contributed by atoms with Gasteiger partial charge in [-0.05, 0) is 12.1 Å². The van der Waals surface area contributed by atoms with Gasteiger partial charge in [-0.15, -0.1) is 0 Å². The molecule has 0 bridgehead atoms. The number of aromatic nitrogens is 2. The van der Waals surface area contributed by atoms with Crippen LogP contribution in [0.4, 0.5) is 0 Å². The molecule has 0 saturated carbocycles. The first-order valence-electron chi connectivity index (χ1n) is 5.57. The van der Waals surface area contributed by atoms with Crippen LogP contribution in [0.15, 0.2) is 47.1 Å². The highest BCUT2D eigenvalue weighted by Crippen LogP contribution is 2.23. The number of carboxylic acids is 1. The Morgan fingerprint density at radius 2 is 2.10 bits per heavy atom. The van der Waals surface area contributed by atoms with Crippen LogP contribution in [-0.2, 0) is 0 Å². The van der Waals surface area contributed by atoms with Crippen molar-refractivity contribution >= 4 is 29.2 Å². The predicted octanol–water partition coefficient (Wildman–Crippen LogP) is 3.27. The molecule has 1 heterocycles. The van der Waals surface area contributed by atoms with Gasteiger partial charge < -0.3 is 9.84 Å². The number of ether oxygens (including phenoxy) is 1. The number of aromatic carboxylic acids is 1. The Labute approximate surface area is 125 Å². The van der Waals surface area contributed by atoms with Crippen molar-refractivity contribution < 1.29 is 14.6 Å². The van der Waals surface area contributed by atoms with Gasteiger partial charge in [0, 0.05) is 5.54 Å². The first kappa shape index (κ1) is 14.4. The zero-order valence-corrected chi connectivity index (χ0v) is 11.7. The van der Waals surface area contributed by atoms with E-state index in [1.54, 1.807) is 12.1 Å². The standard InChI is InChI=1S/C13H10Cl2N2O3/c14-6-9(15)8-20-12-11(13(18)19)7-16-17(12)10-4-2-1-3-5-10/h1-7H,8H2,(H,18,19). The Morgan fingerprint density at radius 1 is 1.40 bits per heavy atom. The molecule has 1 aromatic heterocycles. The maximum Gasteiger partial charge on any atom is 0.342 e. The molecule has 0 radical (unpaired) electrons. The average molecular weight is 313 g/mol. The van der Waals surface area contributed by atoms with E-state index in [1.165, 1.54) is 10.9 Å². The average Bonchev–Trinajstić information content (AvgIpc) is 2.89. The second-order valence-corrected chi connectivity index (χ2v) is 4.46. The van der Waals surface area contributed by atoms with E-state index in [0.717, 1.165) is 5.54 Å². The lowest BCUT2D eigenvalue weighted by molar-refractivity contribution is 0.0692. The molecular weight excluding hydrogens is 303 g/mol. The molecule has 104 valence electrons. The summed E-state index contributed by atoms with van der Waals surface area (Å²) in [7, 11) is 0. The van der Waals surface area contributed by atoms with Gasteiger partial charge in [0.25, 0.3) is 0 Å². The monoisotopic (exact) mass is 312 g/mol. The van der Waals surface area contributed by atoms with Crippen molar-refractivity contribution in [2.24, 2.45) is 0 Å². The third kappa shape index (κ3) is 3.12. The molecule has 0 unspecified atom stereocenters. The van der Waals surface area contributed by atoms with Crippen molar-refractivity contribution in [3.8, 4) is 11.6 Å².